The lowest BCUT2D eigenvalue weighted by atomic mass is 10.2. The lowest BCUT2D eigenvalue weighted by molar-refractivity contribution is 0.0576. The van der Waals surface area contributed by atoms with Crippen LogP contribution in [-0.4, -0.2) is 11.7 Å². The molecule has 0 fully saturated rings. The Balaban J connectivity index is 2.36. The average molecular weight is 398 g/mol. The summed E-state index contributed by atoms with van der Waals surface area (Å²) < 4.78 is 33.6. The quantitative estimate of drug-likeness (QED) is 0.667. The van der Waals surface area contributed by atoms with Crippen LogP contribution in [0.15, 0.2) is 46.9 Å². The maximum atomic E-state index is 14.2. The number of benzene rings is 2. The molecule has 0 bridgehead atoms. The number of rotatable bonds is 3. The van der Waals surface area contributed by atoms with Crippen LogP contribution in [0, 0.1) is 11.6 Å². The zero-order valence-electron chi connectivity index (χ0n) is 13.6. The number of nitrogens with zero attached hydrogens (tertiary/aromatic N) is 1. The number of hydrogen-bond donors (Lipinski definition) is 0. The molecule has 0 radical (unpaired) electrons. The predicted octanol–water partition coefficient (Wildman–Crippen LogP) is 5.67. The van der Waals surface area contributed by atoms with Gasteiger partial charge in [-0.15, -0.1) is 0 Å². The van der Waals surface area contributed by atoms with Gasteiger partial charge in [0.1, 0.15) is 17.2 Å². The molecule has 0 aliphatic rings. The van der Waals surface area contributed by atoms with Crippen molar-refractivity contribution in [2.75, 3.05) is 4.90 Å². The van der Waals surface area contributed by atoms with Gasteiger partial charge in [0.15, 0.2) is 0 Å². The van der Waals surface area contributed by atoms with E-state index in [0.717, 1.165) is 27.1 Å². The van der Waals surface area contributed by atoms with Crippen LogP contribution in [-0.2, 0) is 11.3 Å². The van der Waals surface area contributed by atoms with E-state index in [1.54, 1.807) is 20.8 Å². The largest absolute Gasteiger partial charge is 0.443 e. The Hall–Kier alpha value is -1.95. The second kappa shape index (κ2) is 7.30. The van der Waals surface area contributed by atoms with Gasteiger partial charge < -0.3 is 4.74 Å². The van der Waals surface area contributed by atoms with Crippen LogP contribution in [0.1, 0.15) is 26.3 Å². The third-order valence-corrected chi connectivity index (χ3v) is 3.60. The number of hydrogen-bond acceptors (Lipinski definition) is 2. The van der Waals surface area contributed by atoms with Gasteiger partial charge in [0.2, 0.25) is 0 Å². The van der Waals surface area contributed by atoms with Crippen LogP contribution in [0.25, 0.3) is 0 Å². The number of amides is 1. The van der Waals surface area contributed by atoms with E-state index in [2.05, 4.69) is 15.9 Å². The smallest absolute Gasteiger partial charge is 0.415 e. The second-order valence-corrected chi connectivity index (χ2v) is 7.20. The van der Waals surface area contributed by atoms with Crippen molar-refractivity contribution in [2.24, 2.45) is 0 Å². The first-order valence-electron chi connectivity index (χ1n) is 7.36. The van der Waals surface area contributed by atoms with Crippen LogP contribution in [0.3, 0.4) is 0 Å². The Labute approximate surface area is 148 Å². The zero-order chi connectivity index (χ0) is 17.9. The Bertz CT molecular complexity index is 727. The number of halogens is 3. The van der Waals surface area contributed by atoms with Crippen molar-refractivity contribution >= 4 is 27.7 Å². The van der Waals surface area contributed by atoms with Crippen LogP contribution >= 0.6 is 15.9 Å². The molecule has 0 atom stereocenters. The van der Waals surface area contributed by atoms with Gasteiger partial charge >= 0.3 is 6.09 Å². The highest BCUT2D eigenvalue weighted by Crippen LogP contribution is 2.25. The fraction of sp³-hybridized carbons (Fsp3) is 0.278. The summed E-state index contributed by atoms with van der Waals surface area (Å²) in [5.41, 5.74) is 0.0207. The summed E-state index contributed by atoms with van der Waals surface area (Å²) in [5.74, 6) is -1.53. The average Bonchev–Trinajstić information content (AvgIpc) is 2.45. The molecule has 2 aromatic carbocycles. The summed E-state index contributed by atoms with van der Waals surface area (Å²) in [6.07, 6.45) is -0.698. The van der Waals surface area contributed by atoms with Gasteiger partial charge in [0, 0.05) is 10.5 Å². The molecule has 2 rings (SSSR count). The maximum absolute atomic E-state index is 14.2. The molecule has 3 nitrogen and oxygen atoms in total. The molecule has 0 saturated carbocycles. The van der Waals surface area contributed by atoms with Gasteiger partial charge in [0.25, 0.3) is 0 Å². The minimum Gasteiger partial charge on any atom is -0.443 e. The zero-order valence-corrected chi connectivity index (χ0v) is 15.2. The molecule has 1 amide bonds. The Morgan fingerprint density at radius 1 is 1.12 bits per heavy atom. The summed E-state index contributed by atoms with van der Waals surface area (Å²) in [5, 5.41) is 0. The van der Waals surface area contributed by atoms with Crippen molar-refractivity contribution < 1.29 is 18.3 Å². The molecule has 0 unspecified atom stereocenters. The molecule has 0 aromatic heterocycles. The van der Waals surface area contributed by atoms with E-state index in [-0.39, 0.29) is 12.2 Å². The molecule has 0 saturated heterocycles. The first-order valence-corrected chi connectivity index (χ1v) is 8.15. The van der Waals surface area contributed by atoms with Crippen LogP contribution in [0.4, 0.5) is 19.3 Å². The predicted molar refractivity (Wildman–Crippen MR) is 92.9 cm³/mol. The fourth-order valence-corrected chi connectivity index (χ4v) is 2.30. The van der Waals surface area contributed by atoms with Gasteiger partial charge in [-0.3, -0.25) is 4.90 Å². The first kappa shape index (κ1) is 18.4. The number of anilines is 1. The minimum atomic E-state index is -0.821. The van der Waals surface area contributed by atoms with Crippen molar-refractivity contribution in [1.82, 2.24) is 0 Å². The fourth-order valence-electron chi connectivity index (χ4n) is 2.04. The highest BCUT2D eigenvalue weighted by Gasteiger charge is 2.25. The van der Waals surface area contributed by atoms with Crippen LogP contribution in [0.2, 0.25) is 0 Å². The van der Waals surface area contributed by atoms with Gasteiger partial charge in [-0.25, -0.2) is 13.6 Å². The Kier molecular flexibility index (Phi) is 5.59. The van der Waals surface area contributed by atoms with Gasteiger partial charge in [0.05, 0.1) is 12.2 Å². The molecular weight excluding hydrogens is 380 g/mol. The molecule has 0 N–H and O–H groups in total. The second-order valence-electron chi connectivity index (χ2n) is 6.29. The van der Waals surface area contributed by atoms with Gasteiger partial charge in [-0.1, -0.05) is 28.1 Å². The molecule has 0 spiro atoms. The monoisotopic (exact) mass is 397 g/mol. The summed E-state index contributed by atoms with van der Waals surface area (Å²) in [6, 6.07) is 10.3. The SMILES string of the molecule is CC(C)(C)OC(=O)N(Cc1ccc(Br)cc1)c1ccc(F)cc1F. The lowest BCUT2D eigenvalue weighted by Gasteiger charge is -2.28. The third kappa shape index (κ3) is 5.03. The number of carbonyl (C=O) groups excluding carboxylic acids is 1. The Morgan fingerprint density at radius 2 is 1.75 bits per heavy atom. The van der Waals surface area contributed by atoms with E-state index in [4.69, 9.17) is 4.74 Å². The van der Waals surface area contributed by atoms with E-state index >= 15 is 0 Å². The third-order valence-electron chi connectivity index (χ3n) is 3.07. The molecule has 0 heterocycles. The molecule has 0 aliphatic heterocycles. The first-order chi connectivity index (χ1) is 11.2. The van der Waals surface area contributed by atoms with Gasteiger partial charge in [-0.2, -0.15) is 0 Å². The molecule has 128 valence electrons. The topological polar surface area (TPSA) is 29.5 Å². The molecule has 0 aliphatic carbocycles. The highest BCUT2D eigenvalue weighted by atomic mass is 79.9. The van der Waals surface area contributed by atoms with Crippen LogP contribution < -0.4 is 4.90 Å². The van der Waals surface area contributed by atoms with E-state index in [1.807, 2.05) is 24.3 Å². The minimum absolute atomic E-state index is 0.0337. The number of ether oxygens (including phenoxy) is 1. The van der Waals surface area contributed by atoms with Crippen molar-refractivity contribution in [2.45, 2.75) is 32.9 Å². The highest BCUT2D eigenvalue weighted by molar-refractivity contribution is 9.10. The van der Waals surface area contributed by atoms with Crippen molar-refractivity contribution in [3.63, 3.8) is 0 Å². The lowest BCUT2D eigenvalue weighted by Crippen LogP contribution is -2.37. The van der Waals surface area contributed by atoms with E-state index in [1.165, 1.54) is 6.07 Å². The summed E-state index contributed by atoms with van der Waals surface area (Å²) in [4.78, 5) is 13.7. The molecular formula is C18H18BrF2NO2. The molecule has 24 heavy (non-hydrogen) atoms. The molecule has 2 aromatic rings. The standard InChI is InChI=1S/C18H18BrF2NO2/c1-18(2,3)24-17(23)22(11-12-4-6-13(19)7-5-12)16-9-8-14(20)10-15(16)21/h4-10H,11H2,1-3H3. The molecule has 6 heteroatoms. The van der Waals surface area contributed by atoms with Crippen molar-refractivity contribution in [3.8, 4) is 0 Å². The summed E-state index contributed by atoms with van der Waals surface area (Å²) in [7, 11) is 0. The van der Waals surface area contributed by atoms with Crippen LogP contribution in [0.5, 0.6) is 0 Å². The van der Waals surface area contributed by atoms with Gasteiger partial charge in [-0.05, 0) is 50.6 Å². The van der Waals surface area contributed by atoms with E-state index in [9.17, 15) is 13.6 Å². The summed E-state index contributed by atoms with van der Waals surface area (Å²) in [6.45, 7) is 5.28. The number of carbonyl (C=O) groups is 1. The maximum Gasteiger partial charge on any atom is 0.415 e. The van der Waals surface area contributed by atoms with E-state index < -0.39 is 23.3 Å². The van der Waals surface area contributed by atoms with E-state index in [0.29, 0.717) is 0 Å². The summed E-state index contributed by atoms with van der Waals surface area (Å²) >= 11 is 3.34. The normalized spacial score (nSPS) is 11.2. The van der Waals surface area contributed by atoms with Crippen molar-refractivity contribution in [3.05, 3.63) is 64.1 Å². The Morgan fingerprint density at radius 3 is 2.29 bits per heavy atom. The van der Waals surface area contributed by atoms with Crippen molar-refractivity contribution in [1.29, 1.82) is 0 Å².